The van der Waals surface area contributed by atoms with E-state index in [2.05, 4.69) is 17.8 Å². The molecule has 158 valence electrons. The molecule has 0 bridgehead atoms. The van der Waals surface area contributed by atoms with Gasteiger partial charge >= 0.3 is 0 Å². The summed E-state index contributed by atoms with van der Waals surface area (Å²) in [7, 11) is 0. The maximum absolute atomic E-state index is 12.2. The maximum atomic E-state index is 12.2. The average Bonchev–Trinajstić information content (AvgIpc) is 3.15. The van der Waals surface area contributed by atoms with Crippen LogP contribution >= 0.6 is 0 Å². The Morgan fingerprint density at radius 2 is 1.77 bits per heavy atom. The lowest BCUT2D eigenvalue weighted by Crippen LogP contribution is -2.47. The third-order valence-electron chi connectivity index (χ3n) is 4.62. The van der Waals surface area contributed by atoms with Gasteiger partial charge in [-0.15, -0.1) is 0 Å². The summed E-state index contributed by atoms with van der Waals surface area (Å²) in [5.41, 5.74) is 7.49. The summed E-state index contributed by atoms with van der Waals surface area (Å²) >= 11 is 0. The molecule has 7 heteroatoms. The number of hydrogen-bond acceptors (Lipinski definition) is 5. The lowest BCUT2D eigenvalue weighted by Gasteiger charge is -2.15. The number of hydrazine groups is 1. The number of benzene rings is 2. The Labute approximate surface area is 175 Å². The van der Waals surface area contributed by atoms with E-state index in [4.69, 9.17) is 13.9 Å². The predicted octanol–water partition coefficient (Wildman–Crippen LogP) is 3.55. The molecule has 0 aliphatic rings. The molecule has 0 saturated heterocycles. The number of aryl methyl sites for hydroxylation is 1. The van der Waals surface area contributed by atoms with Gasteiger partial charge in [0.25, 0.3) is 5.91 Å². The fourth-order valence-electron chi connectivity index (χ4n) is 2.97. The van der Waals surface area contributed by atoms with Crippen LogP contribution in [0.5, 0.6) is 11.5 Å². The predicted molar refractivity (Wildman–Crippen MR) is 113 cm³/mol. The number of furan rings is 1. The quantitative estimate of drug-likeness (QED) is 0.555. The van der Waals surface area contributed by atoms with Crippen molar-refractivity contribution in [3.63, 3.8) is 0 Å². The van der Waals surface area contributed by atoms with E-state index in [0.29, 0.717) is 12.4 Å². The summed E-state index contributed by atoms with van der Waals surface area (Å²) in [6.45, 7) is 6.16. The van der Waals surface area contributed by atoms with Crippen LogP contribution in [0.4, 0.5) is 0 Å². The zero-order chi connectivity index (χ0) is 21.5. The van der Waals surface area contributed by atoms with Crippen molar-refractivity contribution < 1.29 is 23.5 Å². The van der Waals surface area contributed by atoms with Gasteiger partial charge in [-0.2, -0.15) is 0 Å². The molecule has 1 aromatic heterocycles. The van der Waals surface area contributed by atoms with E-state index in [9.17, 15) is 9.59 Å². The van der Waals surface area contributed by atoms with Crippen LogP contribution in [0.1, 0.15) is 31.9 Å². The highest BCUT2D eigenvalue weighted by Crippen LogP contribution is 2.23. The van der Waals surface area contributed by atoms with Gasteiger partial charge in [-0.25, -0.2) is 0 Å². The van der Waals surface area contributed by atoms with Crippen molar-refractivity contribution in [1.29, 1.82) is 0 Å². The molecule has 3 rings (SSSR count). The monoisotopic (exact) mass is 410 g/mol. The van der Waals surface area contributed by atoms with E-state index in [1.54, 1.807) is 37.5 Å². The van der Waals surface area contributed by atoms with Crippen molar-refractivity contribution >= 4 is 22.8 Å². The molecule has 7 nitrogen and oxygen atoms in total. The molecule has 1 atom stereocenters. The van der Waals surface area contributed by atoms with Gasteiger partial charge in [0.2, 0.25) is 5.91 Å². The lowest BCUT2D eigenvalue weighted by atomic mass is 10.1. The number of fused-ring (bicyclic) bond motifs is 1. The number of hydrogen-bond donors (Lipinski definition) is 2. The van der Waals surface area contributed by atoms with Crippen molar-refractivity contribution in [2.24, 2.45) is 0 Å². The molecule has 0 spiro atoms. The normalized spacial score (nSPS) is 11.7. The molecular formula is C23H26N2O5. The standard InChI is InChI=1S/C23H26N2O5/c1-4-16-6-11-20-17(14-29-21(20)12-16)13-22(26)24-25-23(27)15(3)30-19-9-7-18(8-10-19)28-5-2/h6-12,14-15H,4-5,13H2,1-3H3,(H,24,26)(H,25,27)/t15-/m1/s1. The van der Waals surface area contributed by atoms with Gasteiger partial charge in [0.1, 0.15) is 17.1 Å². The third kappa shape index (κ3) is 5.31. The van der Waals surface area contributed by atoms with Crippen LogP contribution < -0.4 is 20.3 Å². The van der Waals surface area contributed by atoms with E-state index < -0.39 is 12.0 Å². The zero-order valence-corrected chi connectivity index (χ0v) is 17.4. The molecule has 0 unspecified atom stereocenters. The van der Waals surface area contributed by atoms with Crippen molar-refractivity contribution in [2.75, 3.05) is 6.61 Å². The van der Waals surface area contributed by atoms with Gasteiger partial charge in [-0.3, -0.25) is 20.4 Å². The van der Waals surface area contributed by atoms with Crippen LogP contribution in [-0.2, 0) is 22.4 Å². The highest BCUT2D eigenvalue weighted by molar-refractivity contribution is 5.89. The van der Waals surface area contributed by atoms with E-state index in [-0.39, 0.29) is 12.3 Å². The van der Waals surface area contributed by atoms with E-state index in [1.807, 2.05) is 25.1 Å². The highest BCUT2D eigenvalue weighted by atomic mass is 16.5. The summed E-state index contributed by atoms with van der Waals surface area (Å²) < 4.78 is 16.5. The van der Waals surface area contributed by atoms with Gasteiger partial charge in [0, 0.05) is 10.9 Å². The molecule has 2 aromatic carbocycles. The smallest absolute Gasteiger partial charge is 0.279 e. The molecule has 0 saturated carbocycles. The van der Waals surface area contributed by atoms with Gasteiger partial charge < -0.3 is 13.9 Å². The molecule has 2 N–H and O–H groups in total. The minimum Gasteiger partial charge on any atom is -0.494 e. The minimum absolute atomic E-state index is 0.0902. The Morgan fingerprint density at radius 3 is 2.47 bits per heavy atom. The number of carbonyl (C=O) groups excluding carboxylic acids is 2. The molecule has 0 radical (unpaired) electrons. The maximum Gasteiger partial charge on any atom is 0.279 e. The van der Waals surface area contributed by atoms with Gasteiger partial charge in [-0.05, 0) is 56.2 Å². The van der Waals surface area contributed by atoms with Crippen molar-refractivity contribution in [1.82, 2.24) is 10.9 Å². The van der Waals surface area contributed by atoms with E-state index >= 15 is 0 Å². The number of amides is 2. The number of nitrogens with one attached hydrogen (secondary N) is 2. The lowest BCUT2D eigenvalue weighted by molar-refractivity contribution is -0.132. The first-order valence-corrected chi connectivity index (χ1v) is 9.97. The van der Waals surface area contributed by atoms with Gasteiger partial charge in [0.15, 0.2) is 6.10 Å². The summed E-state index contributed by atoms with van der Waals surface area (Å²) in [6.07, 6.45) is 1.79. The number of ether oxygens (including phenoxy) is 2. The van der Waals surface area contributed by atoms with Crippen LogP contribution in [0.25, 0.3) is 11.0 Å². The van der Waals surface area contributed by atoms with Crippen LogP contribution in [-0.4, -0.2) is 24.5 Å². The fraction of sp³-hybridized carbons (Fsp3) is 0.304. The summed E-state index contributed by atoms with van der Waals surface area (Å²) in [4.78, 5) is 24.5. The van der Waals surface area contributed by atoms with Crippen molar-refractivity contribution in [2.45, 2.75) is 39.7 Å². The molecule has 3 aromatic rings. The minimum atomic E-state index is -0.787. The molecule has 0 aliphatic carbocycles. The molecular weight excluding hydrogens is 384 g/mol. The molecule has 0 fully saturated rings. The zero-order valence-electron chi connectivity index (χ0n) is 17.4. The third-order valence-corrected chi connectivity index (χ3v) is 4.62. The van der Waals surface area contributed by atoms with Crippen LogP contribution in [0.15, 0.2) is 53.1 Å². The topological polar surface area (TPSA) is 89.8 Å². The number of carbonyl (C=O) groups is 2. The van der Waals surface area contributed by atoms with E-state index in [0.717, 1.165) is 28.7 Å². The molecule has 1 heterocycles. The Hall–Kier alpha value is -3.48. The molecule has 2 amide bonds. The van der Waals surface area contributed by atoms with Crippen molar-refractivity contribution in [3.05, 3.63) is 59.9 Å². The average molecular weight is 410 g/mol. The van der Waals surface area contributed by atoms with Crippen LogP contribution in [0.3, 0.4) is 0 Å². The highest BCUT2D eigenvalue weighted by Gasteiger charge is 2.16. The fourth-order valence-corrected chi connectivity index (χ4v) is 2.97. The van der Waals surface area contributed by atoms with Crippen LogP contribution in [0, 0.1) is 0 Å². The summed E-state index contributed by atoms with van der Waals surface area (Å²) in [5, 5.41) is 0.890. The second-order valence-corrected chi connectivity index (χ2v) is 6.82. The summed E-state index contributed by atoms with van der Waals surface area (Å²) in [5.74, 6) is 0.455. The number of rotatable bonds is 8. The Balaban J connectivity index is 1.49. The van der Waals surface area contributed by atoms with Gasteiger partial charge in [-0.1, -0.05) is 19.1 Å². The Kier molecular flexibility index (Phi) is 6.95. The SMILES string of the molecule is CCOc1ccc(O[C@H](C)C(=O)NNC(=O)Cc2coc3cc(CC)ccc23)cc1. The van der Waals surface area contributed by atoms with Crippen molar-refractivity contribution in [3.8, 4) is 11.5 Å². The van der Waals surface area contributed by atoms with Crippen LogP contribution in [0.2, 0.25) is 0 Å². The largest absolute Gasteiger partial charge is 0.494 e. The first-order chi connectivity index (χ1) is 14.5. The molecule has 0 aliphatic heterocycles. The molecule has 30 heavy (non-hydrogen) atoms. The summed E-state index contributed by atoms with van der Waals surface area (Å²) in [6, 6.07) is 12.9. The first kappa shape index (κ1) is 21.2. The Bertz CT molecular complexity index is 1010. The first-order valence-electron chi connectivity index (χ1n) is 9.97. The van der Waals surface area contributed by atoms with E-state index in [1.165, 1.54) is 5.56 Å². The second kappa shape index (κ2) is 9.82. The second-order valence-electron chi connectivity index (χ2n) is 6.82. The Morgan fingerprint density at radius 1 is 1.03 bits per heavy atom. The van der Waals surface area contributed by atoms with Gasteiger partial charge in [0.05, 0.1) is 19.3 Å².